The fourth-order valence-electron chi connectivity index (χ4n) is 4.62. The Morgan fingerprint density at radius 2 is 2.26 bits per heavy atom. The predicted octanol–water partition coefficient (Wildman–Crippen LogP) is 3.34. The van der Waals surface area contributed by atoms with Crippen LogP contribution in [0.1, 0.15) is 37.3 Å². The molecule has 0 aliphatic carbocycles. The molecule has 0 spiro atoms. The zero-order valence-electron chi connectivity index (χ0n) is 17.6. The lowest BCUT2D eigenvalue weighted by Crippen LogP contribution is -2.48. The smallest absolute Gasteiger partial charge is 0.227 e. The van der Waals surface area contributed by atoms with Gasteiger partial charge in [-0.1, -0.05) is 6.92 Å². The minimum absolute atomic E-state index is 0.119. The zero-order valence-corrected chi connectivity index (χ0v) is 17.6. The molecule has 1 aromatic carbocycles. The van der Waals surface area contributed by atoms with Gasteiger partial charge in [0.15, 0.2) is 6.23 Å². The van der Waals surface area contributed by atoms with E-state index in [0.29, 0.717) is 6.42 Å². The number of fused-ring (bicyclic) bond motifs is 2. The van der Waals surface area contributed by atoms with Crippen molar-refractivity contribution in [2.45, 2.75) is 38.5 Å². The van der Waals surface area contributed by atoms with Gasteiger partial charge in [-0.2, -0.15) is 0 Å². The number of aromatic amines is 1. The van der Waals surface area contributed by atoms with Crippen molar-refractivity contribution in [1.29, 1.82) is 0 Å². The molecule has 5 rings (SSSR count). The molecule has 1 saturated heterocycles. The van der Waals surface area contributed by atoms with Gasteiger partial charge in [-0.05, 0) is 55.8 Å². The lowest BCUT2D eigenvalue weighted by Gasteiger charge is -2.35. The molecule has 0 saturated carbocycles. The average Bonchev–Trinajstić information content (AvgIpc) is 3.35. The monoisotopic (exact) mass is 417 g/mol. The van der Waals surface area contributed by atoms with E-state index in [9.17, 15) is 9.90 Å². The number of amides is 1. The first-order valence-electron chi connectivity index (χ1n) is 10.9. The SMILES string of the molecule is CCC(=O)N(c1ccc2c(c1)C(=Cc1c[nH]c3ncccc13)C(O)N2)C1CCCNC1. The average molecular weight is 418 g/mol. The van der Waals surface area contributed by atoms with Crippen molar-refractivity contribution in [2.75, 3.05) is 23.3 Å². The Morgan fingerprint density at radius 3 is 3.06 bits per heavy atom. The second-order valence-electron chi connectivity index (χ2n) is 8.14. The highest BCUT2D eigenvalue weighted by molar-refractivity contribution is 6.01. The number of hydrogen-bond acceptors (Lipinski definition) is 5. The van der Waals surface area contributed by atoms with E-state index in [1.54, 1.807) is 6.20 Å². The van der Waals surface area contributed by atoms with Crippen LogP contribution in [0, 0.1) is 0 Å². The zero-order chi connectivity index (χ0) is 21.4. The molecule has 0 radical (unpaired) electrons. The summed E-state index contributed by atoms with van der Waals surface area (Å²) in [5.74, 6) is 0.119. The Hall–Kier alpha value is -3.16. The van der Waals surface area contributed by atoms with E-state index < -0.39 is 6.23 Å². The van der Waals surface area contributed by atoms with E-state index >= 15 is 0 Å². The van der Waals surface area contributed by atoms with Gasteiger partial charge in [-0.25, -0.2) is 4.98 Å². The van der Waals surface area contributed by atoms with E-state index in [-0.39, 0.29) is 11.9 Å². The summed E-state index contributed by atoms with van der Waals surface area (Å²) in [6.45, 7) is 3.70. The third kappa shape index (κ3) is 3.60. The largest absolute Gasteiger partial charge is 0.369 e. The fourth-order valence-corrected chi connectivity index (χ4v) is 4.62. The first kappa shape index (κ1) is 19.8. The van der Waals surface area contributed by atoms with E-state index in [1.807, 2.05) is 54.4 Å². The summed E-state index contributed by atoms with van der Waals surface area (Å²) in [7, 11) is 0. The number of benzene rings is 1. The molecule has 7 heteroatoms. The van der Waals surface area contributed by atoms with Crippen LogP contribution in [0.3, 0.4) is 0 Å². The molecule has 2 aromatic heterocycles. The van der Waals surface area contributed by atoms with Gasteiger partial charge in [0, 0.05) is 64.9 Å². The molecule has 31 heavy (non-hydrogen) atoms. The second-order valence-corrected chi connectivity index (χ2v) is 8.14. The number of nitrogens with zero attached hydrogens (tertiary/aromatic N) is 2. The number of carbonyl (C=O) groups is 1. The number of anilines is 2. The molecule has 0 bridgehead atoms. The maximum absolute atomic E-state index is 12.9. The van der Waals surface area contributed by atoms with Gasteiger partial charge in [0.25, 0.3) is 0 Å². The minimum Gasteiger partial charge on any atom is -0.369 e. The van der Waals surface area contributed by atoms with E-state index in [4.69, 9.17) is 0 Å². The number of hydrogen-bond donors (Lipinski definition) is 4. The van der Waals surface area contributed by atoms with Gasteiger partial charge in [0.2, 0.25) is 5.91 Å². The third-order valence-corrected chi connectivity index (χ3v) is 6.18. The summed E-state index contributed by atoms with van der Waals surface area (Å²) in [5, 5.41) is 18.3. The molecule has 1 fully saturated rings. The molecular formula is C24H27N5O2. The molecule has 4 heterocycles. The molecule has 4 N–H and O–H groups in total. The number of aromatic nitrogens is 2. The van der Waals surface area contributed by atoms with E-state index in [2.05, 4.69) is 20.6 Å². The maximum Gasteiger partial charge on any atom is 0.227 e. The van der Waals surface area contributed by atoms with Crippen LogP contribution in [0.2, 0.25) is 0 Å². The first-order chi connectivity index (χ1) is 15.2. The van der Waals surface area contributed by atoms with Crippen molar-refractivity contribution >= 4 is 40.0 Å². The number of aliphatic hydroxyl groups excluding tert-OH is 1. The highest BCUT2D eigenvalue weighted by atomic mass is 16.3. The number of H-pyrrole nitrogens is 1. The van der Waals surface area contributed by atoms with E-state index in [1.165, 1.54) is 0 Å². The van der Waals surface area contributed by atoms with Crippen LogP contribution in [-0.2, 0) is 4.79 Å². The summed E-state index contributed by atoms with van der Waals surface area (Å²) >= 11 is 0. The molecule has 160 valence electrons. The van der Waals surface area contributed by atoms with Gasteiger partial charge < -0.3 is 25.6 Å². The van der Waals surface area contributed by atoms with Crippen molar-refractivity contribution in [3.8, 4) is 0 Å². The second kappa shape index (κ2) is 8.17. The molecule has 2 unspecified atom stereocenters. The third-order valence-electron chi connectivity index (χ3n) is 6.18. The van der Waals surface area contributed by atoms with Crippen molar-refractivity contribution in [3.05, 3.63) is 53.9 Å². The van der Waals surface area contributed by atoms with Gasteiger partial charge >= 0.3 is 0 Å². The minimum atomic E-state index is -0.807. The van der Waals surface area contributed by atoms with Crippen LogP contribution in [0.15, 0.2) is 42.7 Å². The van der Waals surface area contributed by atoms with Crippen molar-refractivity contribution < 1.29 is 9.90 Å². The summed E-state index contributed by atoms with van der Waals surface area (Å²) in [4.78, 5) is 22.3. The number of rotatable bonds is 4. The molecule has 1 amide bonds. The molecule has 7 nitrogen and oxygen atoms in total. The topological polar surface area (TPSA) is 93.3 Å². The summed E-state index contributed by atoms with van der Waals surface area (Å²) in [6.07, 6.45) is 7.34. The molecule has 2 aliphatic rings. The van der Waals surface area contributed by atoms with Crippen LogP contribution in [0.4, 0.5) is 11.4 Å². The van der Waals surface area contributed by atoms with Crippen LogP contribution in [0.25, 0.3) is 22.7 Å². The number of carbonyl (C=O) groups excluding carboxylic acids is 1. The molecule has 3 aromatic rings. The lowest BCUT2D eigenvalue weighted by atomic mass is 10.0. The van der Waals surface area contributed by atoms with Crippen LogP contribution in [0.5, 0.6) is 0 Å². The number of aliphatic hydroxyl groups is 1. The number of pyridine rings is 1. The van der Waals surface area contributed by atoms with Crippen molar-refractivity contribution in [3.63, 3.8) is 0 Å². The highest BCUT2D eigenvalue weighted by Gasteiger charge is 2.29. The van der Waals surface area contributed by atoms with Crippen LogP contribution in [-0.4, -0.2) is 46.3 Å². The van der Waals surface area contributed by atoms with Gasteiger partial charge in [-0.3, -0.25) is 4.79 Å². The Labute approximate surface area is 181 Å². The Kier molecular flexibility index (Phi) is 5.21. The maximum atomic E-state index is 12.9. The molecular weight excluding hydrogens is 390 g/mol. The van der Waals surface area contributed by atoms with E-state index in [0.717, 1.165) is 65.0 Å². The van der Waals surface area contributed by atoms with Gasteiger partial charge in [-0.15, -0.1) is 0 Å². The van der Waals surface area contributed by atoms with Gasteiger partial charge in [0.1, 0.15) is 5.65 Å². The first-order valence-corrected chi connectivity index (χ1v) is 10.9. The molecule has 2 atom stereocenters. The normalized spacial score (nSPS) is 21.8. The van der Waals surface area contributed by atoms with Gasteiger partial charge in [0.05, 0.1) is 0 Å². The lowest BCUT2D eigenvalue weighted by molar-refractivity contribution is -0.118. The quantitative estimate of drug-likeness (QED) is 0.522. The fraction of sp³-hybridized carbons (Fsp3) is 0.333. The highest BCUT2D eigenvalue weighted by Crippen LogP contribution is 2.39. The number of nitrogens with one attached hydrogen (secondary N) is 3. The van der Waals surface area contributed by atoms with Crippen LogP contribution < -0.4 is 15.5 Å². The Morgan fingerprint density at radius 1 is 1.35 bits per heavy atom. The summed E-state index contributed by atoms with van der Waals surface area (Å²) < 4.78 is 0. The summed E-state index contributed by atoms with van der Waals surface area (Å²) in [6, 6.07) is 10.0. The Bertz CT molecular complexity index is 1150. The Balaban J connectivity index is 1.56. The van der Waals surface area contributed by atoms with Crippen LogP contribution >= 0.6 is 0 Å². The van der Waals surface area contributed by atoms with Crippen molar-refractivity contribution in [1.82, 2.24) is 15.3 Å². The number of piperidine rings is 1. The standard InChI is InChI=1S/C24H27N5O2/c1-2-22(30)29(17-5-3-9-25-14-17)16-7-8-21-19(12-16)20(24(31)28-21)11-15-13-27-23-18(15)6-4-10-26-23/h4,6-8,10-13,17,24-25,28,31H,2-3,5,9,14H2,1H3,(H,26,27). The molecule has 2 aliphatic heterocycles. The summed E-state index contributed by atoms with van der Waals surface area (Å²) in [5.41, 5.74) is 5.23. The van der Waals surface area contributed by atoms with Crippen molar-refractivity contribution in [2.24, 2.45) is 0 Å². The predicted molar refractivity (Wildman–Crippen MR) is 124 cm³/mol.